The molecule has 1 N–H and O–H groups in total. The number of hydrogen-bond donors (Lipinski definition) is 1. The molecular weight excluding hydrogens is 354 g/mol. The van der Waals surface area contributed by atoms with E-state index < -0.39 is 24.5 Å². The summed E-state index contributed by atoms with van der Waals surface area (Å²) < 4.78 is 4.86. The summed E-state index contributed by atoms with van der Waals surface area (Å²) >= 11 is 0. The molecule has 0 spiro atoms. The number of nitrogens with zero attached hydrogens (tertiary/aromatic N) is 2. The van der Waals surface area contributed by atoms with Crippen LogP contribution in [0.15, 0.2) is 18.2 Å². The highest BCUT2D eigenvalue weighted by molar-refractivity contribution is 6.21. The molecule has 27 heavy (non-hydrogen) atoms. The third-order valence-corrected chi connectivity index (χ3v) is 4.40. The molecule has 0 unspecified atom stereocenters. The first kappa shape index (κ1) is 18.6. The molecule has 1 aromatic rings. The third-order valence-electron chi connectivity index (χ3n) is 4.40. The largest absolute Gasteiger partial charge is 0.456 e. The van der Waals surface area contributed by atoms with Gasteiger partial charge in [-0.2, -0.15) is 0 Å². The number of amides is 5. The highest BCUT2D eigenvalue weighted by Gasteiger charge is 2.35. The zero-order valence-electron chi connectivity index (χ0n) is 14.8. The van der Waals surface area contributed by atoms with E-state index in [0.717, 1.165) is 15.4 Å². The Labute approximate surface area is 155 Å². The molecule has 1 aromatic carbocycles. The van der Waals surface area contributed by atoms with E-state index in [9.17, 15) is 24.0 Å². The summed E-state index contributed by atoms with van der Waals surface area (Å²) in [7, 11) is 0. The summed E-state index contributed by atoms with van der Waals surface area (Å²) in [6.07, 6.45) is 0.174. The molecule has 142 valence electrons. The first-order valence-electron chi connectivity index (χ1n) is 8.59. The molecule has 2 aliphatic heterocycles. The minimum atomic E-state index is -0.629. The van der Waals surface area contributed by atoms with Gasteiger partial charge in [0.05, 0.1) is 11.1 Å². The van der Waals surface area contributed by atoms with Gasteiger partial charge in [0, 0.05) is 26.1 Å². The highest BCUT2D eigenvalue weighted by Crippen LogP contribution is 2.24. The molecule has 2 aliphatic rings. The van der Waals surface area contributed by atoms with Crippen LogP contribution < -0.4 is 5.32 Å². The van der Waals surface area contributed by atoms with Crippen molar-refractivity contribution in [2.24, 2.45) is 0 Å². The Kier molecular flexibility index (Phi) is 5.20. The zero-order chi connectivity index (χ0) is 19.6. The van der Waals surface area contributed by atoms with E-state index in [0.29, 0.717) is 17.7 Å². The van der Waals surface area contributed by atoms with E-state index in [-0.39, 0.29) is 37.7 Å². The Morgan fingerprint density at radius 1 is 1.15 bits per heavy atom. The van der Waals surface area contributed by atoms with Crippen molar-refractivity contribution in [3.63, 3.8) is 0 Å². The molecule has 0 aromatic heterocycles. The van der Waals surface area contributed by atoms with Crippen molar-refractivity contribution in [3.05, 3.63) is 34.9 Å². The predicted octanol–water partition coefficient (Wildman–Crippen LogP) is 0.466. The van der Waals surface area contributed by atoms with Gasteiger partial charge in [0.2, 0.25) is 0 Å². The Hall–Kier alpha value is -3.23. The van der Waals surface area contributed by atoms with Gasteiger partial charge in [0.25, 0.3) is 17.7 Å². The Bertz CT molecular complexity index is 834. The van der Waals surface area contributed by atoms with Crippen molar-refractivity contribution >= 4 is 29.7 Å². The molecule has 3 rings (SSSR count). The molecule has 2 heterocycles. The van der Waals surface area contributed by atoms with E-state index >= 15 is 0 Å². The fourth-order valence-corrected chi connectivity index (χ4v) is 2.99. The number of esters is 1. The number of benzene rings is 1. The lowest BCUT2D eigenvalue weighted by molar-refractivity contribution is -0.150. The smallest absolute Gasteiger partial charge is 0.324 e. The SMILES string of the molecule is Cc1ccc2c(c1)C(=O)N(CCCC(=O)OCC(=O)N1CCNC1=O)C2=O. The maximum atomic E-state index is 12.3. The van der Waals surface area contributed by atoms with E-state index in [1.54, 1.807) is 18.2 Å². The number of nitrogens with one attached hydrogen (secondary N) is 1. The van der Waals surface area contributed by atoms with Crippen LogP contribution in [0.3, 0.4) is 0 Å². The molecule has 1 saturated heterocycles. The molecule has 0 saturated carbocycles. The molecule has 9 heteroatoms. The quantitative estimate of drug-likeness (QED) is 0.573. The van der Waals surface area contributed by atoms with Crippen LogP contribution in [0, 0.1) is 6.92 Å². The topological polar surface area (TPSA) is 113 Å². The van der Waals surface area contributed by atoms with Crippen molar-refractivity contribution in [2.45, 2.75) is 19.8 Å². The molecule has 9 nitrogen and oxygen atoms in total. The summed E-state index contributed by atoms with van der Waals surface area (Å²) in [6, 6.07) is 4.56. The average molecular weight is 373 g/mol. The van der Waals surface area contributed by atoms with E-state index in [4.69, 9.17) is 4.74 Å². The summed E-state index contributed by atoms with van der Waals surface area (Å²) in [4.78, 5) is 61.6. The van der Waals surface area contributed by atoms with Crippen LogP contribution in [0.5, 0.6) is 0 Å². The molecule has 1 fully saturated rings. The van der Waals surface area contributed by atoms with Crippen LogP contribution in [0.1, 0.15) is 39.1 Å². The van der Waals surface area contributed by atoms with Crippen molar-refractivity contribution in [1.82, 2.24) is 15.1 Å². The van der Waals surface area contributed by atoms with E-state index in [2.05, 4.69) is 5.32 Å². The lowest BCUT2D eigenvalue weighted by Gasteiger charge is -2.14. The van der Waals surface area contributed by atoms with Crippen molar-refractivity contribution in [3.8, 4) is 0 Å². The number of imide groups is 2. The number of urea groups is 1. The highest BCUT2D eigenvalue weighted by atomic mass is 16.5. The Balaban J connectivity index is 1.44. The number of hydrogen-bond acceptors (Lipinski definition) is 6. The fraction of sp³-hybridized carbons (Fsp3) is 0.389. The van der Waals surface area contributed by atoms with E-state index in [1.165, 1.54) is 0 Å². The number of aryl methyl sites for hydroxylation is 1. The van der Waals surface area contributed by atoms with Gasteiger partial charge in [-0.15, -0.1) is 0 Å². The van der Waals surface area contributed by atoms with Gasteiger partial charge in [0.1, 0.15) is 0 Å². The lowest BCUT2D eigenvalue weighted by atomic mass is 10.1. The summed E-state index contributed by atoms with van der Waals surface area (Å²) in [6.45, 7) is 2.03. The number of rotatable bonds is 6. The standard InChI is InChI=1S/C18H19N3O6/c1-11-4-5-12-13(9-11)17(25)21(16(12)24)7-2-3-15(23)27-10-14(22)20-8-6-19-18(20)26/h4-5,9H,2-3,6-8,10H2,1H3,(H,19,26). The van der Waals surface area contributed by atoms with Crippen LogP contribution in [0.4, 0.5) is 4.79 Å². The van der Waals surface area contributed by atoms with Crippen LogP contribution in [-0.2, 0) is 14.3 Å². The number of carbonyl (C=O) groups excluding carboxylic acids is 5. The maximum Gasteiger partial charge on any atom is 0.324 e. The second kappa shape index (κ2) is 7.56. The van der Waals surface area contributed by atoms with Gasteiger partial charge in [-0.05, 0) is 25.5 Å². The van der Waals surface area contributed by atoms with Crippen molar-refractivity contribution in [1.29, 1.82) is 0 Å². The van der Waals surface area contributed by atoms with Crippen molar-refractivity contribution < 1.29 is 28.7 Å². The second-order valence-electron chi connectivity index (χ2n) is 6.35. The average Bonchev–Trinajstić information content (AvgIpc) is 3.16. The lowest BCUT2D eigenvalue weighted by Crippen LogP contribution is -2.37. The summed E-state index contributed by atoms with van der Waals surface area (Å²) in [5, 5.41) is 2.48. The Morgan fingerprint density at radius 2 is 1.89 bits per heavy atom. The second-order valence-corrected chi connectivity index (χ2v) is 6.35. The van der Waals surface area contributed by atoms with Gasteiger partial charge in [-0.1, -0.05) is 11.6 Å². The number of carbonyl (C=O) groups is 5. The van der Waals surface area contributed by atoms with E-state index in [1.807, 2.05) is 6.92 Å². The summed E-state index contributed by atoms with van der Waals surface area (Å²) in [5.41, 5.74) is 1.62. The number of ether oxygens (including phenoxy) is 1. The van der Waals surface area contributed by atoms with Crippen LogP contribution in [-0.4, -0.2) is 65.8 Å². The molecule has 0 radical (unpaired) electrons. The predicted molar refractivity (Wildman–Crippen MR) is 91.9 cm³/mol. The van der Waals surface area contributed by atoms with Gasteiger partial charge in [-0.25, -0.2) is 4.79 Å². The van der Waals surface area contributed by atoms with Crippen LogP contribution in [0.2, 0.25) is 0 Å². The van der Waals surface area contributed by atoms with Crippen molar-refractivity contribution in [2.75, 3.05) is 26.2 Å². The fourth-order valence-electron chi connectivity index (χ4n) is 2.99. The van der Waals surface area contributed by atoms with Crippen LogP contribution in [0.25, 0.3) is 0 Å². The first-order valence-corrected chi connectivity index (χ1v) is 8.59. The maximum absolute atomic E-state index is 12.3. The molecule has 5 amide bonds. The molecule has 0 atom stereocenters. The van der Waals surface area contributed by atoms with Gasteiger partial charge in [0.15, 0.2) is 6.61 Å². The first-order chi connectivity index (χ1) is 12.9. The van der Waals surface area contributed by atoms with Gasteiger partial charge < -0.3 is 10.1 Å². The minimum absolute atomic E-state index is 0.0497. The monoisotopic (exact) mass is 373 g/mol. The summed E-state index contributed by atoms with van der Waals surface area (Å²) in [5.74, 6) is -1.97. The molecule has 0 bridgehead atoms. The molecular formula is C18H19N3O6. The van der Waals surface area contributed by atoms with Gasteiger partial charge in [-0.3, -0.25) is 29.0 Å². The minimum Gasteiger partial charge on any atom is -0.456 e. The molecule has 0 aliphatic carbocycles. The number of fused-ring (bicyclic) bond motifs is 1. The van der Waals surface area contributed by atoms with Crippen LogP contribution >= 0.6 is 0 Å². The third kappa shape index (κ3) is 3.81. The van der Waals surface area contributed by atoms with Gasteiger partial charge >= 0.3 is 12.0 Å². The normalized spacial score (nSPS) is 15.8. The zero-order valence-corrected chi connectivity index (χ0v) is 14.8. The Morgan fingerprint density at radius 3 is 2.59 bits per heavy atom.